The van der Waals surface area contributed by atoms with Crippen LogP contribution in [0.1, 0.15) is 30.0 Å². The molecule has 0 saturated carbocycles. The van der Waals surface area contributed by atoms with E-state index in [1.54, 1.807) is 69.5 Å². The van der Waals surface area contributed by atoms with E-state index in [9.17, 15) is 18.0 Å². The Bertz CT molecular complexity index is 1430. The maximum atomic E-state index is 14.0. The summed E-state index contributed by atoms with van der Waals surface area (Å²) in [6.07, 6.45) is 0.330. The Morgan fingerprint density at radius 2 is 1.69 bits per heavy atom. The van der Waals surface area contributed by atoms with Crippen molar-refractivity contribution in [3.8, 4) is 5.75 Å². The summed E-state index contributed by atoms with van der Waals surface area (Å²) < 4.78 is 34.3. The van der Waals surface area contributed by atoms with Crippen LogP contribution in [0.4, 0.5) is 5.69 Å². The first-order valence-electron chi connectivity index (χ1n) is 12.5. The lowest BCUT2D eigenvalue weighted by Gasteiger charge is -2.33. The highest BCUT2D eigenvalue weighted by atomic mass is 35.5. The third-order valence-corrected chi connectivity index (χ3v) is 8.70. The van der Waals surface area contributed by atoms with Crippen molar-refractivity contribution in [2.24, 2.45) is 0 Å². The minimum atomic E-state index is -4.17. The maximum absolute atomic E-state index is 14.0. The standard InChI is InChI=1S/C29H34ClN3O5S/c1-6-26(29(35)31-4)32(18-22-9-7-10-23(17-22)38-5)28(34)19-33(27-12-8-11-25(30)21(27)3)39(36,37)24-15-13-20(2)14-16-24/h7-17,26H,6,18-19H2,1-5H3,(H,31,35). The molecule has 3 rings (SSSR count). The normalized spacial score (nSPS) is 11.9. The second kappa shape index (κ2) is 13.0. The predicted octanol–water partition coefficient (Wildman–Crippen LogP) is 4.71. The number of carbonyl (C=O) groups excluding carboxylic acids is 2. The first-order valence-corrected chi connectivity index (χ1v) is 14.3. The highest BCUT2D eigenvalue weighted by molar-refractivity contribution is 7.92. The van der Waals surface area contributed by atoms with Crippen molar-refractivity contribution >= 4 is 39.1 Å². The largest absolute Gasteiger partial charge is 0.497 e. The Balaban J connectivity index is 2.11. The molecule has 0 heterocycles. The highest BCUT2D eigenvalue weighted by Crippen LogP contribution is 2.31. The first kappa shape index (κ1) is 30.0. The van der Waals surface area contributed by atoms with E-state index < -0.39 is 28.5 Å². The molecule has 8 nitrogen and oxygen atoms in total. The minimum Gasteiger partial charge on any atom is -0.497 e. The summed E-state index contributed by atoms with van der Waals surface area (Å²) in [5.41, 5.74) is 2.43. The molecule has 39 heavy (non-hydrogen) atoms. The van der Waals surface area contributed by atoms with Crippen molar-refractivity contribution in [2.75, 3.05) is 25.0 Å². The molecule has 208 valence electrons. The molecule has 1 atom stereocenters. The van der Waals surface area contributed by atoms with E-state index in [0.717, 1.165) is 15.4 Å². The Kier molecular flexibility index (Phi) is 9.99. The molecule has 0 aliphatic carbocycles. The third kappa shape index (κ3) is 6.91. The number of aryl methyl sites for hydroxylation is 1. The van der Waals surface area contributed by atoms with Crippen molar-refractivity contribution in [3.05, 3.63) is 88.4 Å². The molecule has 1 unspecified atom stereocenters. The number of halogens is 1. The summed E-state index contributed by atoms with van der Waals surface area (Å²) in [5, 5.41) is 2.99. The number of methoxy groups -OCH3 is 1. The minimum absolute atomic E-state index is 0.0398. The van der Waals surface area contributed by atoms with Crippen molar-refractivity contribution in [3.63, 3.8) is 0 Å². The first-order chi connectivity index (χ1) is 18.5. The number of likely N-dealkylation sites (N-methyl/N-ethyl adjacent to an activating group) is 1. The van der Waals surface area contributed by atoms with Crippen LogP contribution in [0.2, 0.25) is 5.02 Å². The summed E-state index contributed by atoms with van der Waals surface area (Å²) in [6.45, 7) is 4.91. The van der Waals surface area contributed by atoms with Gasteiger partial charge in [0, 0.05) is 18.6 Å². The van der Waals surface area contributed by atoms with E-state index in [-0.39, 0.29) is 23.0 Å². The van der Waals surface area contributed by atoms with E-state index in [0.29, 0.717) is 22.8 Å². The van der Waals surface area contributed by atoms with Gasteiger partial charge in [0.15, 0.2) is 0 Å². The van der Waals surface area contributed by atoms with E-state index in [4.69, 9.17) is 16.3 Å². The van der Waals surface area contributed by atoms with Gasteiger partial charge >= 0.3 is 0 Å². The number of rotatable bonds is 11. The Morgan fingerprint density at radius 3 is 2.31 bits per heavy atom. The Hall–Kier alpha value is -3.56. The number of sulfonamides is 1. The zero-order valence-electron chi connectivity index (χ0n) is 22.8. The molecule has 0 saturated heterocycles. The SMILES string of the molecule is CCC(C(=O)NC)N(Cc1cccc(OC)c1)C(=O)CN(c1cccc(Cl)c1C)S(=O)(=O)c1ccc(C)cc1. The number of hydrogen-bond acceptors (Lipinski definition) is 5. The molecule has 3 aromatic carbocycles. The van der Waals surface area contributed by atoms with Crippen LogP contribution in [0.25, 0.3) is 0 Å². The van der Waals surface area contributed by atoms with Gasteiger partial charge in [0.05, 0.1) is 17.7 Å². The van der Waals surface area contributed by atoms with Crippen LogP contribution in [0, 0.1) is 13.8 Å². The highest BCUT2D eigenvalue weighted by Gasteiger charge is 2.34. The zero-order chi connectivity index (χ0) is 28.7. The molecule has 0 aromatic heterocycles. The summed E-state index contributed by atoms with van der Waals surface area (Å²) in [4.78, 5) is 28.3. The number of amides is 2. The molecule has 1 N–H and O–H groups in total. The van der Waals surface area contributed by atoms with Crippen LogP contribution in [0.3, 0.4) is 0 Å². The van der Waals surface area contributed by atoms with Crippen LogP contribution in [-0.2, 0) is 26.2 Å². The van der Waals surface area contributed by atoms with Crippen molar-refractivity contribution in [1.29, 1.82) is 0 Å². The van der Waals surface area contributed by atoms with E-state index in [1.165, 1.54) is 24.1 Å². The molecule has 0 aliphatic rings. The summed E-state index contributed by atoms with van der Waals surface area (Å²) >= 11 is 6.36. The molecule has 0 fully saturated rings. The number of carbonyl (C=O) groups is 2. The van der Waals surface area contributed by atoms with Gasteiger partial charge in [-0.25, -0.2) is 8.42 Å². The average molecular weight is 572 g/mol. The molecule has 0 spiro atoms. The van der Waals surface area contributed by atoms with Gasteiger partial charge in [-0.05, 0) is 67.8 Å². The summed E-state index contributed by atoms with van der Waals surface area (Å²) in [6, 6.07) is 17.7. The molecule has 0 bridgehead atoms. The van der Waals surface area contributed by atoms with Crippen LogP contribution in [-0.4, -0.2) is 51.9 Å². The number of nitrogens with zero attached hydrogens (tertiary/aromatic N) is 2. The molecular formula is C29H34ClN3O5S. The lowest BCUT2D eigenvalue weighted by Crippen LogP contribution is -2.51. The number of ether oxygens (including phenoxy) is 1. The topological polar surface area (TPSA) is 96.0 Å². The second-order valence-electron chi connectivity index (χ2n) is 9.12. The lowest BCUT2D eigenvalue weighted by molar-refractivity contribution is -0.140. The van der Waals surface area contributed by atoms with Gasteiger partial charge in [-0.15, -0.1) is 0 Å². The molecule has 0 radical (unpaired) electrons. The van der Waals surface area contributed by atoms with E-state index in [1.807, 2.05) is 13.0 Å². The fourth-order valence-corrected chi connectivity index (χ4v) is 5.91. The molecule has 3 aromatic rings. The second-order valence-corrected chi connectivity index (χ2v) is 11.4. The smallest absolute Gasteiger partial charge is 0.264 e. The molecule has 2 amide bonds. The summed E-state index contributed by atoms with van der Waals surface area (Å²) in [7, 11) is -1.13. The number of nitrogens with one attached hydrogen (secondary N) is 1. The maximum Gasteiger partial charge on any atom is 0.264 e. The van der Waals surface area contributed by atoms with Gasteiger partial charge in [-0.3, -0.25) is 13.9 Å². The lowest BCUT2D eigenvalue weighted by atomic mass is 10.1. The van der Waals surface area contributed by atoms with Gasteiger partial charge in [0.25, 0.3) is 10.0 Å². The van der Waals surface area contributed by atoms with Crippen molar-refractivity contribution in [1.82, 2.24) is 10.2 Å². The molecule has 10 heteroatoms. The van der Waals surface area contributed by atoms with Gasteiger partial charge in [-0.1, -0.05) is 54.4 Å². The van der Waals surface area contributed by atoms with Crippen molar-refractivity contribution in [2.45, 2.75) is 44.7 Å². The Morgan fingerprint density at radius 1 is 1.03 bits per heavy atom. The van der Waals surface area contributed by atoms with Crippen LogP contribution < -0.4 is 14.4 Å². The van der Waals surface area contributed by atoms with E-state index >= 15 is 0 Å². The van der Waals surface area contributed by atoms with E-state index in [2.05, 4.69) is 5.32 Å². The predicted molar refractivity (Wildman–Crippen MR) is 154 cm³/mol. The monoisotopic (exact) mass is 571 g/mol. The average Bonchev–Trinajstić information content (AvgIpc) is 2.93. The zero-order valence-corrected chi connectivity index (χ0v) is 24.3. The molecular weight excluding hydrogens is 538 g/mol. The van der Waals surface area contributed by atoms with Gasteiger partial charge < -0.3 is 15.0 Å². The fraction of sp³-hybridized carbons (Fsp3) is 0.310. The number of anilines is 1. The fourth-order valence-electron chi connectivity index (χ4n) is 4.27. The van der Waals surface area contributed by atoms with Crippen LogP contribution >= 0.6 is 11.6 Å². The number of benzene rings is 3. The quantitative estimate of drug-likeness (QED) is 0.359. The summed E-state index contributed by atoms with van der Waals surface area (Å²) in [5.74, 6) is -0.282. The third-order valence-electron chi connectivity index (χ3n) is 6.52. The Labute approximate surface area is 235 Å². The van der Waals surface area contributed by atoms with Gasteiger partial charge in [-0.2, -0.15) is 0 Å². The van der Waals surface area contributed by atoms with Gasteiger partial charge in [0.2, 0.25) is 11.8 Å². The van der Waals surface area contributed by atoms with Crippen LogP contribution in [0.15, 0.2) is 71.6 Å². The van der Waals surface area contributed by atoms with Gasteiger partial charge in [0.1, 0.15) is 18.3 Å². The number of hydrogen-bond donors (Lipinski definition) is 1. The van der Waals surface area contributed by atoms with Crippen molar-refractivity contribution < 1.29 is 22.7 Å². The van der Waals surface area contributed by atoms with Crippen LogP contribution in [0.5, 0.6) is 5.75 Å². The molecule has 0 aliphatic heterocycles.